The van der Waals surface area contributed by atoms with Gasteiger partial charge >= 0.3 is 24.4 Å². The zero-order chi connectivity index (χ0) is 27.1. The number of esters is 1. The minimum atomic E-state index is -1.09. The van der Waals surface area contributed by atoms with Crippen LogP contribution in [0.4, 0.5) is 14.4 Å². The van der Waals surface area contributed by atoms with Crippen LogP contribution in [0.5, 0.6) is 11.5 Å². The Kier molecular flexibility index (Phi) is 13.7. The number of hydrogen-bond donors (Lipinski definition) is 1. The number of unbranched alkanes of at least 4 members (excludes halogenated alkanes) is 1. The zero-order valence-electron chi connectivity index (χ0n) is 21.3. The smallest absolute Gasteiger partial charge is 0.458 e. The first-order chi connectivity index (χ1) is 17.1. The SMILES string of the molecule is CCCCOC(=O)O[C@@H](C)[C@H](C)OC(=O)[C@@H](N)Cc1ccc(OC(=O)OCC)c(OC(=O)OCC)c1. The second kappa shape index (κ2) is 16.2. The summed E-state index contributed by atoms with van der Waals surface area (Å²) >= 11 is 0. The van der Waals surface area contributed by atoms with Gasteiger partial charge in [0.05, 0.1) is 19.8 Å². The van der Waals surface area contributed by atoms with Crippen molar-refractivity contribution in [3.63, 3.8) is 0 Å². The second-order valence-electron chi connectivity index (χ2n) is 7.58. The fourth-order valence-corrected chi connectivity index (χ4v) is 2.60. The van der Waals surface area contributed by atoms with Gasteiger partial charge in [0.25, 0.3) is 0 Å². The van der Waals surface area contributed by atoms with Crippen LogP contribution in [0.1, 0.15) is 53.0 Å². The number of rotatable bonds is 13. The molecule has 0 saturated carbocycles. The molecule has 0 saturated heterocycles. The van der Waals surface area contributed by atoms with E-state index in [9.17, 15) is 19.2 Å². The van der Waals surface area contributed by atoms with Crippen molar-refractivity contribution in [3.05, 3.63) is 23.8 Å². The van der Waals surface area contributed by atoms with E-state index in [2.05, 4.69) is 0 Å². The van der Waals surface area contributed by atoms with E-state index in [1.807, 2.05) is 6.92 Å². The van der Waals surface area contributed by atoms with E-state index in [0.717, 1.165) is 6.42 Å². The van der Waals surface area contributed by atoms with Crippen molar-refractivity contribution < 1.29 is 52.3 Å². The summed E-state index contributed by atoms with van der Waals surface area (Å²) in [6.07, 6.45) is -2.81. The molecule has 3 atom stereocenters. The summed E-state index contributed by atoms with van der Waals surface area (Å²) in [6, 6.07) is 3.17. The van der Waals surface area contributed by atoms with E-state index >= 15 is 0 Å². The van der Waals surface area contributed by atoms with Crippen LogP contribution >= 0.6 is 0 Å². The zero-order valence-corrected chi connectivity index (χ0v) is 21.3. The molecule has 1 rings (SSSR count). The molecule has 0 radical (unpaired) electrons. The van der Waals surface area contributed by atoms with Gasteiger partial charge < -0.3 is 38.9 Å². The van der Waals surface area contributed by atoms with Gasteiger partial charge in [0.15, 0.2) is 11.5 Å². The first kappa shape index (κ1) is 30.5. The number of nitrogens with two attached hydrogens (primary N) is 1. The highest BCUT2D eigenvalue weighted by molar-refractivity contribution is 5.76. The van der Waals surface area contributed by atoms with Crippen LogP contribution in [0.2, 0.25) is 0 Å². The van der Waals surface area contributed by atoms with E-state index < -0.39 is 42.7 Å². The molecular formula is C24H35NO11. The van der Waals surface area contributed by atoms with Crippen LogP contribution in [-0.2, 0) is 34.9 Å². The fraction of sp³-hybridized carbons (Fsp3) is 0.583. The average Bonchev–Trinajstić information content (AvgIpc) is 2.81. The monoisotopic (exact) mass is 513 g/mol. The topological polar surface area (TPSA) is 159 Å². The van der Waals surface area contributed by atoms with Crippen LogP contribution in [-0.4, -0.2) is 62.5 Å². The molecule has 1 aromatic rings. The maximum absolute atomic E-state index is 12.5. The van der Waals surface area contributed by atoms with Crippen molar-refractivity contribution in [2.24, 2.45) is 5.73 Å². The van der Waals surface area contributed by atoms with Crippen molar-refractivity contribution in [3.8, 4) is 11.5 Å². The number of ether oxygens (including phenoxy) is 7. The Hall–Kier alpha value is -3.54. The number of carbonyl (C=O) groups excluding carboxylic acids is 4. The maximum atomic E-state index is 12.5. The largest absolute Gasteiger partial charge is 0.513 e. The van der Waals surface area contributed by atoms with Gasteiger partial charge in [-0.05, 0) is 58.2 Å². The molecule has 12 nitrogen and oxygen atoms in total. The number of benzene rings is 1. The van der Waals surface area contributed by atoms with Crippen LogP contribution in [0.15, 0.2) is 18.2 Å². The molecule has 0 aliphatic rings. The Morgan fingerprint density at radius 1 is 0.806 bits per heavy atom. The van der Waals surface area contributed by atoms with Crippen molar-refractivity contribution in [1.82, 2.24) is 0 Å². The molecule has 0 fully saturated rings. The van der Waals surface area contributed by atoms with Gasteiger partial charge in [-0.2, -0.15) is 0 Å². The standard InChI is InChI=1S/C24H35NO11/c1-6-9-12-32-24(29)34-16(5)15(4)33-21(26)18(25)13-17-10-11-19(35-22(27)30-7-2)20(14-17)36-23(28)31-8-3/h10-11,14-16,18H,6-9,12-13,25H2,1-5H3/t15-,16-,18-/m0/s1. The third kappa shape index (κ3) is 11.3. The molecule has 0 amide bonds. The molecule has 0 spiro atoms. The van der Waals surface area contributed by atoms with Crippen LogP contribution in [0.3, 0.4) is 0 Å². The van der Waals surface area contributed by atoms with Crippen molar-refractivity contribution in [1.29, 1.82) is 0 Å². The van der Waals surface area contributed by atoms with Crippen LogP contribution < -0.4 is 15.2 Å². The number of carbonyl (C=O) groups is 4. The van der Waals surface area contributed by atoms with E-state index in [1.54, 1.807) is 27.7 Å². The molecule has 36 heavy (non-hydrogen) atoms. The summed E-state index contributed by atoms with van der Waals surface area (Å²) in [5.74, 6) is -0.958. The van der Waals surface area contributed by atoms with E-state index in [4.69, 9.17) is 38.9 Å². The summed E-state index contributed by atoms with van der Waals surface area (Å²) in [6.45, 7) is 8.68. The van der Waals surface area contributed by atoms with Gasteiger partial charge in [0.1, 0.15) is 18.2 Å². The third-order valence-corrected chi connectivity index (χ3v) is 4.64. The van der Waals surface area contributed by atoms with E-state index in [1.165, 1.54) is 18.2 Å². The van der Waals surface area contributed by atoms with Crippen LogP contribution in [0.25, 0.3) is 0 Å². The van der Waals surface area contributed by atoms with E-state index in [-0.39, 0.29) is 37.7 Å². The Labute approximate surface area is 210 Å². The summed E-state index contributed by atoms with van der Waals surface area (Å²) in [5, 5.41) is 0. The highest BCUT2D eigenvalue weighted by Crippen LogP contribution is 2.30. The Morgan fingerprint density at radius 3 is 1.97 bits per heavy atom. The molecule has 0 aliphatic heterocycles. The van der Waals surface area contributed by atoms with E-state index in [0.29, 0.717) is 12.0 Å². The number of hydrogen-bond acceptors (Lipinski definition) is 12. The first-order valence-electron chi connectivity index (χ1n) is 11.7. The molecule has 2 N–H and O–H groups in total. The quantitative estimate of drug-likeness (QED) is 0.176. The lowest BCUT2D eigenvalue weighted by atomic mass is 10.1. The van der Waals surface area contributed by atoms with Gasteiger partial charge in [-0.3, -0.25) is 4.79 Å². The lowest BCUT2D eigenvalue weighted by molar-refractivity contribution is -0.155. The lowest BCUT2D eigenvalue weighted by Gasteiger charge is -2.22. The summed E-state index contributed by atoms with van der Waals surface area (Å²) in [5.41, 5.74) is 6.47. The van der Waals surface area contributed by atoms with Crippen molar-refractivity contribution >= 4 is 24.4 Å². The lowest BCUT2D eigenvalue weighted by Crippen LogP contribution is -2.39. The maximum Gasteiger partial charge on any atom is 0.513 e. The first-order valence-corrected chi connectivity index (χ1v) is 11.7. The van der Waals surface area contributed by atoms with Gasteiger partial charge in [-0.25, -0.2) is 14.4 Å². The fourth-order valence-electron chi connectivity index (χ4n) is 2.60. The molecule has 202 valence electrons. The van der Waals surface area contributed by atoms with Gasteiger partial charge in [0.2, 0.25) is 0 Å². The highest BCUT2D eigenvalue weighted by Gasteiger charge is 2.25. The predicted octanol–water partition coefficient (Wildman–Crippen LogP) is 3.90. The molecule has 0 aromatic heterocycles. The normalized spacial score (nSPS) is 12.9. The highest BCUT2D eigenvalue weighted by atomic mass is 16.7. The summed E-state index contributed by atoms with van der Waals surface area (Å²) < 4.78 is 35.0. The Bertz CT molecular complexity index is 874. The van der Waals surface area contributed by atoms with Gasteiger partial charge in [0, 0.05) is 0 Å². The van der Waals surface area contributed by atoms with Crippen molar-refractivity contribution in [2.75, 3.05) is 19.8 Å². The molecule has 1 aromatic carbocycles. The Balaban J connectivity index is 2.80. The Morgan fingerprint density at radius 2 is 1.39 bits per heavy atom. The minimum absolute atomic E-state index is 0.00127. The van der Waals surface area contributed by atoms with Crippen molar-refractivity contribution in [2.45, 2.75) is 72.1 Å². The molecule has 0 aliphatic carbocycles. The predicted molar refractivity (Wildman–Crippen MR) is 126 cm³/mol. The van der Waals surface area contributed by atoms with Gasteiger partial charge in [-0.1, -0.05) is 19.4 Å². The average molecular weight is 514 g/mol. The minimum Gasteiger partial charge on any atom is -0.458 e. The van der Waals surface area contributed by atoms with Crippen LogP contribution in [0, 0.1) is 0 Å². The van der Waals surface area contributed by atoms with Gasteiger partial charge in [-0.15, -0.1) is 0 Å². The molecule has 0 bridgehead atoms. The molecular weight excluding hydrogens is 478 g/mol. The third-order valence-electron chi connectivity index (χ3n) is 4.64. The molecule has 0 unspecified atom stereocenters. The summed E-state index contributed by atoms with van der Waals surface area (Å²) in [4.78, 5) is 47.6. The molecule has 12 heteroatoms. The summed E-state index contributed by atoms with van der Waals surface area (Å²) in [7, 11) is 0. The second-order valence-corrected chi connectivity index (χ2v) is 7.58. The molecule has 0 heterocycles.